The lowest BCUT2D eigenvalue weighted by atomic mass is 10.0. The maximum atomic E-state index is 6.15. The van der Waals surface area contributed by atoms with Crippen LogP contribution in [0.2, 0.25) is 5.02 Å². The van der Waals surface area contributed by atoms with E-state index in [1.54, 1.807) is 0 Å². The zero-order chi connectivity index (χ0) is 14.9. The fourth-order valence-electron chi connectivity index (χ4n) is 2.55. The first kappa shape index (κ1) is 15.6. The van der Waals surface area contributed by atoms with E-state index in [0.29, 0.717) is 17.8 Å². The normalized spacial score (nSPS) is 13.6. The molecule has 0 saturated carbocycles. The van der Waals surface area contributed by atoms with Gasteiger partial charge in [0, 0.05) is 11.6 Å². The molecule has 1 aromatic heterocycles. The summed E-state index contributed by atoms with van der Waals surface area (Å²) in [5.41, 5.74) is 2.02. The number of imidazole rings is 1. The van der Waals surface area contributed by atoms with Gasteiger partial charge in [-0.1, -0.05) is 25.4 Å². The van der Waals surface area contributed by atoms with E-state index in [0.717, 1.165) is 28.4 Å². The molecule has 20 heavy (non-hydrogen) atoms. The van der Waals surface area contributed by atoms with Crippen molar-refractivity contribution >= 4 is 34.2 Å². The summed E-state index contributed by atoms with van der Waals surface area (Å²) in [5.74, 6) is 1.79. The number of benzene rings is 1. The molecule has 1 heterocycles. The van der Waals surface area contributed by atoms with Crippen LogP contribution < -0.4 is 0 Å². The number of aromatic nitrogens is 2. The van der Waals surface area contributed by atoms with Crippen molar-refractivity contribution in [2.45, 2.75) is 25.8 Å². The second kappa shape index (κ2) is 6.33. The van der Waals surface area contributed by atoms with E-state index < -0.39 is 0 Å². The highest BCUT2D eigenvalue weighted by Gasteiger charge is 2.22. The van der Waals surface area contributed by atoms with E-state index >= 15 is 0 Å². The van der Waals surface area contributed by atoms with Gasteiger partial charge in [0.15, 0.2) is 0 Å². The molecule has 2 aromatic rings. The van der Waals surface area contributed by atoms with Crippen molar-refractivity contribution < 1.29 is 0 Å². The number of likely N-dealkylation sites (N-methyl/N-ethyl adjacent to an activating group) is 1. The van der Waals surface area contributed by atoms with E-state index in [4.69, 9.17) is 23.2 Å². The fourth-order valence-corrected chi connectivity index (χ4v) is 2.90. The Morgan fingerprint density at radius 3 is 2.55 bits per heavy atom. The van der Waals surface area contributed by atoms with Crippen molar-refractivity contribution in [2.24, 2.45) is 5.92 Å². The Hall–Kier alpha value is -0.770. The van der Waals surface area contributed by atoms with E-state index in [9.17, 15) is 0 Å². The molecular weight excluding hydrogens is 293 g/mol. The van der Waals surface area contributed by atoms with Crippen LogP contribution in [0.25, 0.3) is 11.0 Å². The molecule has 0 fully saturated rings. The van der Waals surface area contributed by atoms with Gasteiger partial charge in [0.05, 0.1) is 23.0 Å². The molecular formula is C15H21Cl2N3. The summed E-state index contributed by atoms with van der Waals surface area (Å²) in [6, 6.07) is 6.12. The predicted octanol–water partition coefficient (Wildman–Crippen LogP) is 4.19. The quantitative estimate of drug-likeness (QED) is 0.772. The van der Waals surface area contributed by atoms with Crippen molar-refractivity contribution in [3.8, 4) is 0 Å². The molecule has 0 N–H and O–H groups in total. The molecule has 1 atom stereocenters. The lowest BCUT2D eigenvalue weighted by Crippen LogP contribution is -2.29. The molecule has 0 aliphatic heterocycles. The van der Waals surface area contributed by atoms with Gasteiger partial charge in [0.2, 0.25) is 0 Å². The van der Waals surface area contributed by atoms with Gasteiger partial charge in [0.1, 0.15) is 5.82 Å². The second-order valence-corrected chi connectivity index (χ2v) is 6.44. The minimum absolute atomic E-state index is 0.321. The zero-order valence-corrected chi connectivity index (χ0v) is 13.9. The van der Waals surface area contributed by atoms with Gasteiger partial charge < -0.3 is 9.47 Å². The van der Waals surface area contributed by atoms with Crippen LogP contribution in [0.5, 0.6) is 0 Å². The van der Waals surface area contributed by atoms with E-state index in [2.05, 4.69) is 42.4 Å². The minimum atomic E-state index is 0.321. The highest BCUT2D eigenvalue weighted by Crippen LogP contribution is 2.29. The summed E-state index contributed by atoms with van der Waals surface area (Å²) in [6.45, 7) is 5.39. The Bertz CT molecular complexity index is 590. The zero-order valence-electron chi connectivity index (χ0n) is 12.4. The lowest BCUT2D eigenvalue weighted by molar-refractivity contribution is 0.270. The number of hydrogen-bond acceptors (Lipinski definition) is 2. The molecule has 3 nitrogen and oxygen atoms in total. The molecule has 5 heteroatoms. The number of hydrogen-bond donors (Lipinski definition) is 0. The number of fused-ring (bicyclic) bond motifs is 1. The van der Waals surface area contributed by atoms with Gasteiger partial charge in [-0.25, -0.2) is 4.98 Å². The highest BCUT2D eigenvalue weighted by molar-refractivity contribution is 6.31. The van der Waals surface area contributed by atoms with E-state index in [-0.39, 0.29) is 0 Å². The van der Waals surface area contributed by atoms with Gasteiger partial charge in [-0.3, -0.25) is 0 Å². The minimum Gasteiger partial charge on any atom is -0.322 e. The van der Waals surface area contributed by atoms with Crippen molar-refractivity contribution in [1.82, 2.24) is 14.5 Å². The molecule has 0 amide bonds. The van der Waals surface area contributed by atoms with Gasteiger partial charge >= 0.3 is 0 Å². The lowest BCUT2D eigenvalue weighted by Gasteiger charge is -2.28. The Balaban J connectivity index is 2.61. The van der Waals surface area contributed by atoms with Crippen molar-refractivity contribution in [3.05, 3.63) is 29.0 Å². The Morgan fingerprint density at radius 1 is 1.30 bits per heavy atom. The van der Waals surface area contributed by atoms with Crippen LogP contribution in [-0.2, 0) is 5.88 Å². The first-order valence-electron chi connectivity index (χ1n) is 6.81. The Morgan fingerprint density at radius 2 is 2.00 bits per heavy atom. The van der Waals surface area contributed by atoms with Crippen LogP contribution >= 0.6 is 23.2 Å². The summed E-state index contributed by atoms with van der Waals surface area (Å²) in [6.07, 6.45) is 0. The topological polar surface area (TPSA) is 21.1 Å². The van der Waals surface area contributed by atoms with E-state index in [1.165, 1.54) is 0 Å². The standard InChI is InChI=1S/C15H21Cl2N3/c1-10(2)14(9-19(3)4)20-13-7-11(17)5-6-12(13)18-15(20)8-16/h5-7,10,14H,8-9H2,1-4H3. The monoisotopic (exact) mass is 313 g/mol. The highest BCUT2D eigenvalue weighted by atomic mass is 35.5. The van der Waals surface area contributed by atoms with Crippen LogP contribution in [0.1, 0.15) is 25.7 Å². The molecule has 0 aliphatic carbocycles. The van der Waals surface area contributed by atoms with Crippen LogP contribution in [0.15, 0.2) is 18.2 Å². The van der Waals surface area contributed by atoms with Crippen LogP contribution in [0, 0.1) is 5.92 Å². The molecule has 0 aliphatic rings. The van der Waals surface area contributed by atoms with Crippen LogP contribution in [0.4, 0.5) is 0 Å². The van der Waals surface area contributed by atoms with Gasteiger partial charge in [-0.2, -0.15) is 0 Å². The van der Waals surface area contributed by atoms with Crippen LogP contribution in [0.3, 0.4) is 0 Å². The molecule has 110 valence electrons. The van der Waals surface area contributed by atoms with Gasteiger partial charge in [0.25, 0.3) is 0 Å². The smallest absolute Gasteiger partial charge is 0.125 e. The summed E-state index contributed by atoms with van der Waals surface area (Å²) in [4.78, 5) is 6.83. The summed E-state index contributed by atoms with van der Waals surface area (Å²) in [7, 11) is 4.17. The Labute approximate surface area is 130 Å². The predicted molar refractivity (Wildman–Crippen MR) is 86.7 cm³/mol. The fraction of sp³-hybridized carbons (Fsp3) is 0.533. The van der Waals surface area contributed by atoms with Crippen molar-refractivity contribution in [2.75, 3.05) is 20.6 Å². The number of alkyl halides is 1. The number of halogens is 2. The number of rotatable bonds is 5. The first-order chi connectivity index (χ1) is 9.43. The maximum absolute atomic E-state index is 6.15. The SMILES string of the molecule is CC(C)C(CN(C)C)n1c(CCl)nc2ccc(Cl)cc21. The third-order valence-electron chi connectivity index (χ3n) is 3.50. The van der Waals surface area contributed by atoms with E-state index in [1.807, 2.05) is 18.2 Å². The molecule has 1 unspecified atom stereocenters. The van der Waals surface area contributed by atoms with Crippen LogP contribution in [-0.4, -0.2) is 35.1 Å². The maximum Gasteiger partial charge on any atom is 0.125 e. The number of nitrogens with zero attached hydrogens (tertiary/aromatic N) is 3. The molecule has 2 rings (SSSR count). The first-order valence-corrected chi connectivity index (χ1v) is 7.72. The molecule has 0 spiro atoms. The molecule has 0 radical (unpaired) electrons. The summed E-state index contributed by atoms with van der Waals surface area (Å²) in [5, 5.41) is 0.729. The Kier molecular flexibility index (Phi) is 4.95. The summed E-state index contributed by atoms with van der Waals surface area (Å²) >= 11 is 12.2. The van der Waals surface area contributed by atoms with Gasteiger partial charge in [-0.05, 0) is 38.2 Å². The largest absolute Gasteiger partial charge is 0.322 e. The molecule has 0 saturated heterocycles. The third kappa shape index (κ3) is 3.11. The van der Waals surface area contributed by atoms with Crippen molar-refractivity contribution in [1.29, 1.82) is 0 Å². The molecule has 1 aromatic carbocycles. The third-order valence-corrected chi connectivity index (χ3v) is 3.97. The summed E-state index contributed by atoms with van der Waals surface area (Å²) < 4.78 is 2.25. The molecule has 0 bridgehead atoms. The average Bonchev–Trinajstić information content (AvgIpc) is 2.73. The van der Waals surface area contributed by atoms with Crippen molar-refractivity contribution in [3.63, 3.8) is 0 Å². The van der Waals surface area contributed by atoms with Gasteiger partial charge in [-0.15, -0.1) is 11.6 Å². The average molecular weight is 314 g/mol. The second-order valence-electron chi connectivity index (χ2n) is 5.74.